The molecule has 0 bridgehead atoms. The first-order chi connectivity index (χ1) is 18.3. The van der Waals surface area contributed by atoms with Crippen molar-refractivity contribution in [3.05, 3.63) is 99.5 Å². The van der Waals surface area contributed by atoms with Gasteiger partial charge in [-0.05, 0) is 61.7 Å². The van der Waals surface area contributed by atoms with Crippen molar-refractivity contribution >= 4 is 50.7 Å². The molecule has 3 aromatic carbocycles. The average Bonchev–Trinajstić information content (AvgIpc) is 2.87. The van der Waals surface area contributed by atoms with Crippen LogP contribution in [0.25, 0.3) is 0 Å². The van der Waals surface area contributed by atoms with E-state index in [0.717, 1.165) is 27.3 Å². The molecule has 0 radical (unpaired) electrons. The van der Waals surface area contributed by atoms with Gasteiger partial charge in [0.1, 0.15) is 12.6 Å². The van der Waals surface area contributed by atoms with Gasteiger partial charge < -0.3 is 10.2 Å². The topological polar surface area (TPSA) is 86.8 Å². The molecule has 0 fully saturated rings. The fraction of sp³-hybridized carbons (Fsp3) is 0.310. The lowest BCUT2D eigenvalue weighted by Crippen LogP contribution is -2.54. The van der Waals surface area contributed by atoms with E-state index in [1.807, 2.05) is 44.2 Å². The summed E-state index contributed by atoms with van der Waals surface area (Å²) in [6, 6.07) is 20.1. The van der Waals surface area contributed by atoms with Crippen LogP contribution < -0.4 is 9.62 Å². The normalized spacial score (nSPS) is 12.2. The van der Waals surface area contributed by atoms with Crippen molar-refractivity contribution in [2.75, 3.05) is 17.1 Å². The van der Waals surface area contributed by atoms with E-state index in [4.69, 9.17) is 23.2 Å². The predicted molar refractivity (Wildman–Crippen MR) is 158 cm³/mol. The zero-order chi connectivity index (χ0) is 28.7. The minimum atomic E-state index is -3.87. The summed E-state index contributed by atoms with van der Waals surface area (Å²) in [5.41, 5.74) is 2.64. The van der Waals surface area contributed by atoms with Crippen LogP contribution in [0, 0.1) is 6.92 Å². The van der Waals surface area contributed by atoms with Crippen LogP contribution in [-0.4, -0.2) is 50.0 Å². The molecule has 3 aromatic rings. The highest BCUT2D eigenvalue weighted by atomic mass is 35.5. The molecule has 1 atom stereocenters. The molecule has 7 nitrogen and oxygen atoms in total. The molecule has 0 aliphatic carbocycles. The summed E-state index contributed by atoms with van der Waals surface area (Å²) >= 11 is 12.3. The minimum Gasteiger partial charge on any atom is -0.352 e. The molecular weight excluding hydrogens is 557 g/mol. The summed E-state index contributed by atoms with van der Waals surface area (Å²) in [6.45, 7) is 5.06. The van der Waals surface area contributed by atoms with Crippen LogP contribution in [-0.2, 0) is 32.6 Å². The smallest absolute Gasteiger partial charge is 0.244 e. The molecule has 2 amide bonds. The number of carbonyl (C=O) groups excluding carboxylic acids is 2. The molecule has 1 unspecified atom stereocenters. The number of benzene rings is 3. The predicted octanol–water partition coefficient (Wildman–Crippen LogP) is 5.23. The van der Waals surface area contributed by atoms with E-state index in [9.17, 15) is 18.0 Å². The van der Waals surface area contributed by atoms with Crippen molar-refractivity contribution in [2.45, 2.75) is 45.8 Å². The average molecular weight is 591 g/mol. The quantitative estimate of drug-likeness (QED) is 0.331. The third-order valence-corrected chi connectivity index (χ3v) is 7.89. The highest BCUT2D eigenvalue weighted by molar-refractivity contribution is 7.92. The van der Waals surface area contributed by atoms with E-state index in [0.29, 0.717) is 10.0 Å². The fourth-order valence-electron chi connectivity index (χ4n) is 4.07. The van der Waals surface area contributed by atoms with Gasteiger partial charge in [0.25, 0.3) is 0 Å². The van der Waals surface area contributed by atoms with Crippen molar-refractivity contribution in [1.29, 1.82) is 0 Å². The van der Waals surface area contributed by atoms with Crippen LogP contribution in [0.2, 0.25) is 10.0 Å². The monoisotopic (exact) mass is 589 g/mol. The number of sulfonamides is 1. The Morgan fingerprint density at radius 1 is 0.923 bits per heavy atom. The van der Waals surface area contributed by atoms with E-state index < -0.39 is 28.5 Å². The first kappa shape index (κ1) is 30.5. The first-order valence-corrected chi connectivity index (χ1v) is 15.1. The number of hydrogen-bond donors (Lipinski definition) is 1. The van der Waals surface area contributed by atoms with Crippen molar-refractivity contribution in [1.82, 2.24) is 10.2 Å². The third-order valence-electron chi connectivity index (χ3n) is 6.09. The van der Waals surface area contributed by atoms with Crippen LogP contribution >= 0.6 is 23.2 Å². The molecule has 0 saturated heterocycles. The molecule has 39 heavy (non-hydrogen) atoms. The van der Waals surface area contributed by atoms with Crippen LogP contribution in [0.1, 0.15) is 30.5 Å². The van der Waals surface area contributed by atoms with Gasteiger partial charge in [-0.25, -0.2) is 8.42 Å². The van der Waals surface area contributed by atoms with Crippen molar-refractivity contribution in [2.24, 2.45) is 0 Å². The van der Waals surface area contributed by atoms with E-state index >= 15 is 0 Å². The Hall–Kier alpha value is -3.07. The molecule has 0 aliphatic heterocycles. The van der Waals surface area contributed by atoms with Gasteiger partial charge >= 0.3 is 0 Å². The Morgan fingerprint density at radius 2 is 1.56 bits per heavy atom. The molecule has 0 heterocycles. The summed E-state index contributed by atoms with van der Waals surface area (Å²) < 4.78 is 26.7. The van der Waals surface area contributed by atoms with Crippen molar-refractivity contribution < 1.29 is 18.0 Å². The second-order valence-corrected chi connectivity index (χ2v) is 12.5. The molecule has 0 spiro atoms. The Bertz CT molecular complexity index is 1400. The second-order valence-electron chi connectivity index (χ2n) is 9.72. The molecular formula is C29H33Cl2N3O4S. The number of carbonyl (C=O) groups is 2. The number of nitrogens with one attached hydrogen (secondary N) is 1. The molecule has 0 saturated carbocycles. The number of halogens is 2. The van der Waals surface area contributed by atoms with Gasteiger partial charge in [0.05, 0.1) is 11.9 Å². The number of amides is 2. The number of nitrogens with zero attached hydrogens (tertiary/aromatic N) is 2. The number of hydrogen-bond acceptors (Lipinski definition) is 4. The Labute approximate surface area is 240 Å². The lowest BCUT2D eigenvalue weighted by Gasteiger charge is -2.34. The maximum atomic E-state index is 14.0. The molecule has 0 aromatic heterocycles. The van der Waals surface area contributed by atoms with Gasteiger partial charge in [-0.15, -0.1) is 0 Å². The summed E-state index contributed by atoms with van der Waals surface area (Å²) in [6.07, 6.45) is 1.28. The van der Waals surface area contributed by atoms with E-state index in [1.54, 1.807) is 43.3 Å². The van der Waals surface area contributed by atoms with Gasteiger partial charge in [0.15, 0.2) is 0 Å². The standard InChI is InChI=1S/C29H33Cl2N3O4S/c1-20(2)32-29(36)27(16-22-8-6-5-7-9-22)33(18-23-11-13-24(30)14-12-23)28(35)19-34(39(4,37)38)25-15-10-21(3)26(31)17-25/h5-15,17,20,27H,16,18-19H2,1-4H3,(H,32,36). The van der Waals surface area contributed by atoms with Crippen molar-refractivity contribution in [3.8, 4) is 0 Å². The number of anilines is 1. The van der Waals surface area contributed by atoms with E-state index in [1.165, 1.54) is 11.0 Å². The van der Waals surface area contributed by atoms with Gasteiger partial charge in [-0.2, -0.15) is 0 Å². The Morgan fingerprint density at radius 3 is 2.13 bits per heavy atom. The number of aryl methyl sites for hydroxylation is 1. The lowest BCUT2D eigenvalue weighted by atomic mass is 10.0. The van der Waals surface area contributed by atoms with Gasteiger partial charge in [0.2, 0.25) is 21.8 Å². The van der Waals surface area contributed by atoms with Crippen LogP contribution in [0.15, 0.2) is 72.8 Å². The van der Waals surface area contributed by atoms with Gasteiger partial charge in [-0.3, -0.25) is 13.9 Å². The Kier molecular flexibility index (Phi) is 10.4. The zero-order valence-corrected chi connectivity index (χ0v) is 24.7. The highest BCUT2D eigenvalue weighted by Crippen LogP contribution is 2.26. The van der Waals surface area contributed by atoms with Gasteiger partial charge in [0, 0.05) is 29.1 Å². The highest BCUT2D eigenvalue weighted by Gasteiger charge is 2.33. The first-order valence-electron chi connectivity index (χ1n) is 12.5. The van der Waals surface area contributed by atoms with Crippen LogP contribution in [0.3, 0.4) is 0 Å². The summed E-state index contributed by atoms with van der Waals surface area (Å²) in [5, 5.41) is 3.84. The third kappa shape index (κ3) is 8.71. The van der Waals surface area contributed by atoms with E-state index in [2.05, 4.69) is 5.32 Å². The van der Waals surface area contributed by atoms with Crippen molar-refractivity contribution in [3.63, 3.8) is 0 Å². The van der Waals surface area contributed by atoms with Crippen LogP contribution in [0.4, 0.5) is 5.69 Å². The van der Waals surface area contributed by atoms with E-state index in [-0.39, 0.29) is 30.6 Å². The zero-order valence-electron chi connectivity index (χ0n) is 22.4. The number of rotatable bonds is 11. The van der Waals surface area contributed by atoms with Crippen LogP contribution in [0.5, 0.6) is 0 Å². The lowest BCUT2D eigenvalue weighted by molar-refractivity contribution is -0.140. The molecule has 1 N–H and O–H groups in total. The SMILES string of the molecule is Cc1ccc(N(CC(=O)N(Cc2ccc(Cl)cc2)C(Cc2ccccc2)C(=O)NC(C)C)S(C)(=O)=O)cc1Cl. The molecule has 3 rings (SSSR count). The maximum Gasteiger partial charge on any atom is 0.244 e. The molecule has 10 heteroatoms. The minimum absolute atomic E-state index is 0.0747. The second kappa shape index (κ2) is 13.3. The largest absolute Gasteiger partial charge is 0.352 e. The summed E-state index contributed by atoms with van der Waals surface area (Å²) in [7, 11) is -3.87. The van der Waals surface area contributed by atoms with Gasteiger partial charge in [-0.1, -0.05) is 71.7 Å². The summed E-state index contributed by atoms with van der Waals surface area (Å²) in [5.74, 6) is -0.868. The maximum absolute atomic E-state index is 14.0. The molecule has 0 aliphatic rings. The Balaban J connectivity index is 2.06. The molecule has 208 valence electrons. The fourth-order valence-corrected chi connectivity index (χ4v) is 5.21. The summed E-state index contributed by atoms with van der Waals surface area (Å²) in [4.78, 5) is 28.9.